The van der Waals surface area contributed by atoms with Crippen molar-refractivity contribution in [3.05, 3.63) is 71.5 Å². The molecular formula is C21H23FN2O3. The molecule has 1 N–H and O–H groups in total. The molecule has 27 heavy (non-hydrogen) atoms. The van der Waals surface area contributed by atoms with Gasteiger partial charge in [0, 0.05) is 38.2 Å². The number of carbonyl (C=O) groups excluding carboxylic acids is 2. The summed E-state index contributed by atoms with van der Waals surface area (Å²) >= 11 is 0. The molecule has 142 valence electrons. The molecule has 0 aromatic heterocycles. The van der Waals surface area contributed by atoms with Crippen LogP contribution in [-0.4, -0.2) is 50.1 Å². The fourth-order valence-corrected chi connectivity index (χ4v) is 3.48. The second-order valence-electron chi connectivity index (χ2n) is 6.63. The van der Waals surface area contributed by atoms with Gasteiger partial charge in [-0.15, -0.1) is 0 Å². The maximum absolute atomic E-state index is 13.7. The number of hydrogen-bond acceptors (Lipinski definition) is 3. The van der Waals surface area contributed by atoms with E-state index in [0.29, 0.717) is 31.8 Å². The minimum absolute atomic E-state index is 0.121. The van der Waals surface area contributed by atoms with E-state index in [1.807, 2.05) is 18.2 Å². The van der Waals surface area contributed by atoms with Crippen LogP contribution in [-0.2, 0) is 9.53 Å². The number of carbonyl (C=O) groups is 2. The number of likely N-dealkylation sites (tertiary alicyclic amines) is 1. The number of halogens is 1. The minimum Gasteiger partial charge on any atom is -0.383 e. The number of nitrogens with zero attached hydrogens (tertiary/aromatic N) is 1. The van der Waals surface area contributed by atoms with Crippen LogP contribution in [0.3, 0.4) is 0 Å². The van der Waals surface area contributed by atoms with Crippen LogP contribution in [0.15, 0.2) is 54.6 Å². The number of nitrogens with one attached hydrogen (secondary N) is 1. The van der Waals surface area contributed by atoms with Gasteiger partial charge < -0.3 is 15.0 Å². The molecule has 1 aliphatic rings. The lowest BCUT2D eigenvalue weighted by molar-refractivity contribution is -0.125. The summed E-state index contributed by atoms with van der Waals surface area (Å²) in [5.74, 6) is -1.31. The highest BCUT2D eigenvalue weighted by Gasteiger charge is 2.40. The predicted octanol–water partition coefficient (Wildman–Crippen LogP) is 2.44. The molecular weight excluding hydrogens is 347 g/mol. The maximum atomic E-state index is 13.7. The van der Waals surface area contributed by atoms with E-state index in [-0.39, 0.29) is 23.5 Å². The van der Waals surface area contributed by atoms with Gasteiger partial charge in [-0.05, 0) is 29.8 Å². The number of amides is 2. The number of benzene rings is 2. The maximum Gasteiger partial charge on any atom is 0.253 e. The number of ether oxygens (including phenoxy) is 1. The zero-order valence-electron chi connectivity index (χ0n) is 15.2. The average Bonchev–Trinajstić information content (AvgIpc) is 3.14. The molecule has 2 aromatic rings. The Bertz CT molecular complexity index is 797. The summed E-state index contributed by atoms with van der Waals surface area (Å²) in [6.07, 6.45) is 0. The monoisotopic (exact) mass is 370 g/mol. The summed E-state index contributed by atoms with van der Waals surface area (Å²) in [6.45, 7) is 1.48. The number of hydrogen-bond donors (Lipinski definition) is 1. The van der Waals surface area contributed by atoms with E-state index in [1.165, 1.54) is 12.1 Å². The van der Waals surface area contributed by atoms with Crippen LogP contribution in [0.5, 0.6) is 0 Å². The third-order valence-corrected chi connectivity index (χ3v) is 4.85. The lowest BCUT2D eigenvalue weighted by atomic mass is 9.88. The van der Waals surface area contributed by atoms with Crippen molar-refractivity contribution in [1.29, 1.82) is 0 Å². The number of methoxy groups -OCH3 is 1. The minimum atomic E-state index is -0.434. The zero-order valence-corrected chi connectivity index (χ0v) is 15.2. The summed E-state index contributed by atoms with van der Waals surface area (Å²) in [5, 5.41) is 2.84. The van der Waals surface area contributed by atoms with Crippen molar-refractivity contribution >= 4 is 11.8 Å². The van der Waals surface area contributed by atoms with Crippen LogP contribution in [0.1, 0.15) is 21.8 Å². The largest absolute Gasteiger partial charge is 0.383 e. The molecule has 3 rings (SSSR count). The normalized spacial score (nSPS) is 19.1. The molecule has 0 aliphatic carbocycles. The molecule has 2 aromatic carbocycles. The SMILES string of the molecule is COCCNC(=O)[C@@H]1CN(C(=O)c2ccccc2)C[C@H]1c1cccc(F)c1. The number of rotatable bonds is 6. The summed E-state index contributed by atoms with van der Waals surface area (Å²) in [7, 11) is 1.57. The van der Waals surface area contributed by atoms with Crippen molar-refractivity contribution in [2.45, 2.75) is 5.92 Å². The molecule has 0 bridgehead atoms. The van der Waals surface area contributed by atoms with Crippen LogP contribution in [0.4, 0.5) is 4.39 Å². The van der Waals surface area contributed by atoms with Gasteiger partial charge in [-0.3, -0.25) is 9.59 Å². The fraction of sp³-hybridized carbons (Fsp3) is 0.333. The predicted molar refractivity (Wildman–Crippen MR) is 99.9 cm³/mol. The molecule has 0 unspecified atom stereocenters. The van der Waals surface area contributed by atoms with E-state index in [0.717, 1.165) is 5.56 Å². The van der Waals surface area contributed by atoms with E-state index in [2.05, 4.69) is 5.32 Å². The smallest absolute Gasteiger partial charge is 0.253 e. The highest BCUT2D eigenvalue weighted by molar-refractivity contribution is 5.95. The van der Waals surface area contributed by atoms with Gasteiger partial charge >= 0.3 is 0 Å². The Morgan fingerprint density at radius 2 is 1.93 bits per heavy atom. The standard InChI is InChI=1S/C21H23FN2O3/c1-27-11-10-23-20(25)19-14-24(21(26)15-6-3-2-4-7-15)13-18(19)16-8-5-9-17(22)12-16/h2-9,12,18-19H,10-11,13-14H2,1H3,(H,23,25)/t18-,19+/m0/s1. The van der Waals surface area contributed by atoms with Gasteiger partial charge in [0.05, 0.1) is 12.5 Å². The molecule has 2 amide bonds. The van der Waals surface area contributed by atoms with E-state index >= 15 is 0 Å². The lowest BCUT2D eigenvalue weighted by Crippen LogP contribution is -2.37. The summed E-state index contributed by atoms with van der Waals surface area (Å²) < 4.78 is 18.7. The molecule has 2 atom stereocenters. The molecule has 1 heterocycles. The van der Waals surface area contributed by atoms with Crippen LogP contribution >= 0.6 is 0 Å². The quantitative estimate of drug-likeness (QED) is 0.795. The van der Waals surface area contributed by atoms with Crippen LogP contribution in [0, 0.1) is 11.7 Å². The van der Waals surface area contributed by atoms with Gasteiger partial charge in [-0.1, -0.05) is 30.3 Å². The van der Waals surface area contributed by atoms with Gasteiger partial charge in [-0.2, -0.15) is 0 Å². The Hall–Kier alpha value is -2.73. The third-order valence-electron chi connectivity index (χ3n) is 4.85. The molecule has 0 radical (unpaired) electrons. The second-order valence-corrected chi connectivity index (χ2v) is 6.63. The first-order valence-corrected chi connectivity index (χ1v) is 8.96. The first kappa shape index (κ1) is 19.0. The molecule has 6 heteroatoms. The van der Waals surface area contributed by atoms with Crippen LogP contribution in [0.25, 0.3) is 0 Å². The molecule has 1 saturated heterocycles. The van der Waals surface area contributed by atoms with Crippen LogP contribution in [0.2, 0.25) is 0 Å². The van der Waals surface area contributed by atoms with Crippen molar-refractivity contribution in [3.8, 4) is 0 Å². The summed E-state index contributed by atoms with van der Waals surface area (Å²) in [5.41, 5.74) is 1.31. The first-order chi connectivity index (χ1) is 13.1. The van der Waals surface area contributed by atoms with Gasteiger partial charge in [-0.25, -0.2) is 4.39 Å². The first-order valence-electron chi connectivity index (χ1n) is 8.96. The zero-order chi connectivity index (χ0) is 19.2. The van der Waals surface area contributed by atoms with Crippen molar-refractivity contribution in [3.63, 3.8) is 0 Å². The van der Waals surface area contributed by atoms with Gasteiger partial charge in [0.15, 0.2) is 0 Å². The highest BCUT2D eigenvalue weighted by Crippen LogP contribution is 2.34. The van der Waals surface area contributed by atoms with E-state index in [9.17, 15) is 14.0 Å². The Kier molecular flexibility index (Phi) is 6.19. The molecule has 0 spiro atoms. The molecule has 1 aliphatic heterocycles. The van der Waals surface area contributed by atoms with E-state index < -0.39 is 5.92 Å². The third kappa shape index (κ3) is 4.52. The highest BCUT2D eigenvalue weighted by atomic mass is 19.1. The summed E-state index contributed by atoms with van der Waals surface area (Å²) in [6, 6.07) is 15.2. The molecule has 0 saturated carbocycles. The van der Waals surface area contributed by atoms with Gasteiger partial charge in [0.25, 0.3) is 5.91 Å². The topological polar surface area (TPSA) is 58.6 Å². The Morgan fingerprint density at radius 1 is 1.15 bits per heavy atom. The van der Waals surface area contributed by atoms with Crippen molar-refractivity contribution in [1.82, 2.24) is 10.2 Å². The van der Waals surface area contributed by atoms with E-state index in [1.54, 1.807) is 36.3 Å². The Labute approximate surface area is 158 Å². The fourth-order valence-electron chi connectivity index (χ4n) is 3.48. The van der Waals surface area contributed by atoms with Gasteiger partial charge in [0.1, 0.15) is 5.82 Å². The van der Waals surface area contributed by atoms with Crippen LogP contribution < -0.4 is 5.32 Å². The Balaban J connectivity index is 1.82. The molecule has 5 nitrogen and oxygen atoms in total. The Morgan fingerprint density at radius 3 is 2.63 bits per heavy atom. The average molecular weight is 370 g/mol. The second kappa shape index (κ2) is 8.77. The van der Waals surface area contributed by atoms with Gasteiger partial charge in [0.2, 0.25) is 5.91 Å². The van der Waals surface area contributed by atoms with E-state index in [4.69, 9.17) is 4.74 Å². The van der Waals surface area contributed by atoms with Crippen molar-refractivity contribution in [2.75, 3.05) is 33.4 Å². The lowest BCUT2D eigenvalue weighted by Gasteiger charge is -2.18. The molecule has 1 fully saturated rings. The van der Waals surface area contributed by atoms with Crippen molar-refractivity contribution in [2.24, 2.45) is 5.92 Å². The summed E-state index contributed by atoms with van der Waals surface area (Å²) in [4.78, 5) is 27.2. The van der Waals surface area contributed by atoms with Crippen molar-refractivity contribution < 1.29 is 18.7 Å².